The van der Waals surface area contributed by atoms with Gasteiger partial charge in [0.2, 0.25) is 0 Å². The van der Waals surface area contributed by atoms with Gasteiger partial charge in [-0.3, -0.25) is 4.68 Å². The Hall–Kier alpha value is -0.940. The Morgan fingerprint density at radius 2 is 2.54 bits per heavy atom. The zero-order valence-electron chi connectivity index (χ0n) is 7.64. The van der Waals surface area contributed by atoms with Gasteiger partial charge in [0.1, 0.15) is 11.9 Å². The summed E-state index contributed by atoms with van der Waals surface area (Å²) >= 11 is 0. The van der Waals surface area contributed by atoms with Crippen LogP contribution in [0.2, 0.25) is 0 Å². The third-order valence-corrected chi connectivity index (χ3v) is 2.66. The second-order valence-electron chi connectivity index (χ2n) is 3.74. The highest BCUT2D eigenvalue weighted by atomic mass is 16.3. The third-order valence-electron chi connectivity index (χ3n) is 2.66. The molecule has 0 aromatic carbocycles. The topological polar surface area (TPSA) is 77.0 Å². The molecule has 13 heavy (non-hydrogen) atoms. The van der Waals surface area contributed by atoms with Crippen LogP contribution in [0.15, 0.2) is 6.33 Å². The molecule has 0 saturated heterocycles. The number of nitrogens with two attached hydrogens (primary N) is 1. The quantitative estimate of drug-likeness (QED) is 0.614. The lowest BCUT2D eigenvalue weighted by molar-refractivity contribution is 0.0301. The number of aliphatic hydroxyl groups is 1. The smallest absolute Gasteiger partial charge is 0.158 e. The van der Waals surface area contributed by atoms with Crippen LogP contribution in [0.3, 0.4) is 0 Å². The SMILES string of the molecule is Cn1ncnc1C1(O)CCC(N)C1. The molecular formula is C8H14N4O. The molecular weight excluding hydrogens is 168 g/mol. The minimum atomic E-state index is -0.856. The molecule has 2 unspecified atom stereocenters. The predicted octanol–water partition coefficient (Wildman–Crippen LogP) is -0.486. The second kappa shape index (κ2) is 2.78. The van der Waals surface area contributed by atoms with Gasteiger partial charge >= 0.3 is 0 Å². The Balaban J connectivity index is 2.30. The molecule has 72 valence electrons. The van der Waals surface area contributed by atoms with Gasteiger partial charge in [0.25, 0.3) is 0 Å². The number of hydrogen-bond acceptors (Lipinski definition) is 4. The number of aryl methyl sites for hydroxylation is 1. The van der Waals surface area contributed by atoms with Crippen LogP contribution in [0, 0.1) is 0 Å². The predicted molar refractivity (Wildman–Crippen MR) is 46.7 cm³/mol. The minimum Gasteiger partial charge on any atom is -0.382 e. The fraction of sp³-hybridized carbons (Fsp3) is 0.750. The van der Waals surface area contributed by atoms with Crippen molar-refractivity contribution in [2.75, 3.05) is 0 Å². The summed E-state index contributed by atoms with van der Waals surface area (Å²) in [5.41, 5.74) is 4.89. The van der Waals surface area contributed by atoms with Crippen molar-refractivity contribution >= 4 is 0 Å². The summed E-state index contributed by atoms with van der Waals surface area (Å²) in [7, 11) is 1.78. The van der Waals surface area contributed by atoms with Gasteiger partial charge in [0.05, 0.1) is 0 Å². The van der Waals surface area contributed by atoms with Crippen molar-refractivity contribution in [1.29, 1.82) is 0 Å². The highest BCUT2D eigenvalue weighted by molar-refractivity contribution is 5.06. The molecule has 1 aliphatic rings. The number of nitrogens with zero attached hydrogens (tertiary/aromatic N) is 3. The molecule has 5 heteroatoms. The highest BCUT2D eigenvalue weighted by Crippen LogP contribution is 2.36. The van der Waals surface area contributed by atoms with E-state index in [2.05, 4.69) is 10.1 Å². The van der Waals surface area contributed by atoms with Gasteiger partial charge in [-0.15, -0.1) is 0 Å². The normalized spacial score (nSPS) is 33.9. The molecule has 1 heterocycles. The molecule has 3 N–H and O–H groups in total. The molecule has 0 aliphatic heterocycles. The summed E-state index contributed by atoms with van der Waals surface area (Å²) in [5, 5.41) is 14.1. The van der Waals surface area contributed by atoms with E-state index in [1.54, 1.807) is 11.7 Å². The van der Waals surface area contributed by atoms with Crippen LogP contribution in [0.25, 0.3) is 0 Å². The van der Waals surface area contributed by atoms with Crippen LogP contribution < -0.4 is 5.73 Å². The largest absolute Gasteiger partial charge is 0.382 e. The lowest BCUT2D eigenvalue weighted by atomic mass is 10.0. The minimum absolute atomic E-state index is 0.0849. The standard InChI is InChI=1S/C8H14N4O/c1-12-7(10-5-11-12)8(13)3-2-6(9)4-8/h5-6,13H,2-4,9H2,1H3. The number of rotatable bonds is 1. The van der Waals surface area contributed by atoms with E-state index in [-0.39, 0.29) is 6.04 Å². The molecule has 1 aromatic rings. The average Bonchev–Trinajstić information content (AvgIpc) is 2.59. The summed E-state index contributed by atoms with van der Waals surface area (Å²) in [4.78, 5) is 4.05. The van der Waals surface area contributed by atoms with Gasteiger partial charge in [-0.2, -0.15) is 5.10 Å². The van der Waals surface area contributed by atoms with Gasteiger partial charge in [-0.25, -0.2) is 4.98 Å². The molecule has 0 radical (unpaired) electrons. The third kappa shape index (κ3) is 1.34. The van der Waals surface area contributed by atoms with Crippen LogP contribution >= 0.6 is 0 Å². The highest BCUT2D eigenvalue weighted by Gasteiger charge is 2.40. The Bertz CT molecular complexity index is 311. The molecule has 2 atom stereocenters. The van der Waals surface area contributed by atoms with E-state index in [0.29, 0.717) is 18.7 Å². The molecule has 1 saturated carbocycles. The zero-order valence-corrected chi connectivity index (χ0v) is 7.64. The Labute approximate surface area is 76.6 Å². The van der Waals surface area contributed by atoms with E-state index in [9.17, 15) is 5.11 Å². The lowest BCUT2D eigenvalue weighted by Gasteiger charge is -2.20. The van der Waals surface area contributed by atoms with Crippen LogP contribution in [-0.4, -0.2) is 25.9 Å². The van der Waals surface area contributed by atoms with Gasteiger partial charge in [-0.1, -0.05) is 0 Å². The summed E-state index contributed by atoms with van der Waals surface area (Å²) < 4.78 is 1.61. The first-order chi connectivity index (χ1) is 6.12. The monoisotopic (exact) mass is 182 g/mol. The van der Waals surface area contributed by atoms with Crippen LogP contribution in [0.5, 0.6) is 0 Å². The van der Waals surface area contributed by atoms with Crippen LogP contribution in [0.1, 0.15) is 25.1 Å². The molecule has 0 spiro atoms. The van der Waals surface area contributed by atoms with E-state index in [1.807, 2.05) is 0 Å². The van der Waals surface area contributed by atoms with E-state index in [0.717, 1.165) is 6.42 Å². The average molecular weight is 182 g/mol. The first-order valence-electron chi connectivity index (χ1n) is 4.44. The maximum Gasteiger partial charge on any atom is 0.158 e. The summed E-state index contributed by atoms with van der Waals surface area (Å²) in [6, 6.07) is 0.0849. The van der Waals surface area contributed by atoms with Crippen molar-refractivity contribution < 1.29 is 5.11 Å². The maximum atomic E-state index is 10.2. The Kier molecular flexibility index (Phi) is 1.85. The van der Waals surface area contributed by atoms with Gasteiger partial charge in [-0.05, 0) is 19.3 Å². The Morgan fingerprint density at radius 1 is 1.77 bits per heavy atom. The molecule has 1 aromatic heterocycles. The first-order valence-corrected chi connectivity index (χ1v) is 4.44. The van der Waals surface area contributed by atoms with Crippen molar-refractivity contribution in [3.63, 3.8) is 0 Å². The van der Waals surface area contributed by atoms with Crippen molar-refractivity contribution in [1.82, 2.24) is 14.8 Å². The van der Waals surface area contributed by atoms with Crippen LogP contribution in [-0.2, 0) is 12.6 Å². The van der Waals surface area contributed by atoms with Crippen molar-refractivity contribution in [3.05, 3.63) is 12.2 Å². The molecule has 5 nitrogen and oxygen atoms in total. The zero-order chi connectivity index (χ0) is 9.47. The molecule has 1 aliphatic carbocycles. The van der Waals surface area contributed by atoms with Crippen molar-refractivity contribution in [2.24, 2.45) is 12.8 Å². The van der Waals surface area contributed by atoms with Crippen LogP contribution in [0.4, 0.5) is 0 Å². The number of aromatic nitrogens is 3. The second-order valence-corrected chi connectivity index (χ2v) is 3.74. The molecule has 1 fully saturated rings. The number of hydrogen-bond donors (Lipinski definition) is 2. The lowest BCUT2D eigenvalue weighted by Crippen LogP contribution is -2.28. The van der Waals surface area contributed by atoms with Crippen molar-refractivity contribution in [3.8, 4) is 0 Å². The summed E-state index contributed by atoms with van der Waals surface area (Å²) in [5.74, 6) is 0.625. The first kappa shape index (κ1) is 8.65. The van der Waals surface area contributed by atoms with Crippen molar-refractivity contribution in [2.45, 2.75) is 30.9 Å². The van der Waals surface area contributed by atoms with E-state index >= 15 is 0 Å². The maximum absolute atomic E-state index is 10.2. The fourth-order valence-corrected chi connectivity index (χ4v) is 1.98. The summed E-state index contributed by atoms with van der Waals surface area (Å²) in [6.45, 7) is 0. The molecule has 2 rings (SSSR count). The van der Waals surface area contributed by atoms with Gasteiger partial charge in [0.15, 0.2) is 5.82 Å². The fourth-order valence-electron chi connectivity index (χ4n) is 1.98. The van der Waals surface area contributed by atoms with Gasteiger partial charge < -0.3 is 10.8 Å². The Morgan fingerprint density at radius 3 is 3.00 bits per heavy atom. The summed E-state index contributed by atoms with van der Waals surface area (Å²) in [6.07, 6.45) is 3.57. The molecule has 0 bridgehead atoms. The molecule has 0 amide bonds. The van der Waals surface area contributed by atoms with E-state index in [1.165, 1.54) is 6.33 Å². The van der Waals surface area contributed by atoms with E-state index in [4.69, 9.17) is 5.73 Å². The van der Waals surface area contributed by atoms with E-state index < -0.39 is 5.60 Å². The van der Waals surface area contributed by atoms with Gasteiger partial charge in [0, 0.05) is 13.1 Å².